The Labute approximate surface area is 163 Å². The molecule has 0 spiro atoms. The van der Waals surface area contributed by atoms with Crippen LogP contribution in [0.2, 0.25) is 0 Å². The molecule has 1 aromatic carbocycles. The van der Waals surface area contributed by atoms with Gasteiger partial charge in [-0.3, -0.25) is 0 Å². The largest absolute Gasteiger partial charge is 0.465 e. The Kier molecular flexibility index (Phi) is 6.25. The van der Waals surface area contributed by atoms with Crippen LogP contribution >= 0.6 is 0 Å². The number of esters is 1. The third-order valence-corrected chi connectivity index (χ3v) is 4.33. The van der Waals surface area contributed by atoms with Crippen molar-refractivity contribution in [2.45, 2.75) is 6.92 Å². The van der Waals surface area contributed by atoms with Gasteiger partial charge in [0, 0.05) is 32.4 Å². The quantitative estimate of drug-likeness (QED) is 0.783. The summed E-state index contributed by atoms with van der Waals surface area (Å²) in [6.45, 7) is 4.47. The number of hydrogen-bond donors (Lipinski definition) is 1. The minimum absolute atomic E-state index is 0.294. The van der Waals surface area contributed by atoms with Crippen molar-refractivity contribution in [2.24, 2.45) is 0 Å². The molecule has 2 heterocycles. The van der Waals surface area contributed by atoms with Crippen LogP contribution in [0.15, 0.2) is 36.5 Å². The number of carbonyl (C=O) groups is 2. The number of benzene rings is 1. The first-order valence-corrected chi connectivity index (χ1v) is 9.06. The van der Waals surface area contributed by atoms with E-state index < -0.39 is 5.97 Å². The van der Waals surface area contributed by atoms with Crippen LogP contribution in [0.5, 0.6) is 0 Å². The Hall–Kier alpha value is -3.36. The molecule has 9 heteroatoms. The number of aromatic nitrogens is 2. The first-order valence-electron chi connectivity index (χ1n) is 9.06. The monoisotopic (exact) mass is 385 g/mol. The lowest BCUT2D eigenvalue weighted by molar-refractivity contribution is 0.0601. The minimum atomic E-state index is -0.424. The van der Waals surface area contributed by atoms with Crippen molar-refractivity contribution in [1.82, 2.24) is 14.9 Å². The van der Waals surface area contributed by atoms with Crippen molar-refractivity contribution < 1.29 is 19.1 Å². The highest BCUT2D eigenvalue weighted by Gasteiger charge is 2.23. The Morgan fingerprint density at radius 1 is 1.14 bits per heavy atom. The number of hydrogen-bond acceptors (Lipinski definition) is 8. The van der Waals surface area contributed by atoms with Crippen molar-refractivity contribution in [2.75, 3.05) is 50.1 Å². The molecule has 0 aliphatic carbocycles. The van der Waals surface area contributed by atoms with Crippen LogP contribution in [0.3, 0.4) is 0 Å². The van der Waals surface area contributed by atoms with Crippen LogP contribution in [-0.2, 0) is 9.47 Å². The zero-order chi connectivity index (χ0) is 19.9. The zero-order valence-electron chi connectivity index (χ0n) is 15.9. The van der Waals surface area contributed by atoms with E-state index in [-0.39, 0.29) is 6.09 Å². The molecule has 2 aromatic rings. The van der Waals surface area contributed by atoms with Crippen molar-refractivity contribution in [3.05, 3.63) is 42.1 Å². The number of piperazine rings is 1. The maximum atomic E-state index is 11.9. The summed E-state index contributed by atoms with van der Waals surface area (Å²) in [5.41, 5.74) is 1.03. The number of rotatable bonds is 5. The van der Waals surface area contributed by atoms with Gasteiger partial charge in [0.1, 0.15) is 5.82 Å². The summed E-state index contributed by atoms with van der Waals surface area (Å²) in [5.74, 6) is 0.700. The first kappa shape index (κ1) is 19.4. The normalized spacial score (nSPS) is 13.8. The fourth-order valence-corrected chi connectivity index (χ4v) is 2.89. The van der Waals surface area contributed by atoms with Crippen LogP contribution in [0.4, 0.5) is 22.2 Å². The fraction of sp³-hybridized carbons (Fsp3) is 0.368. The Morgan fingerprint density at radius 2 is 1.89 bits per heavy atom. The van der Waals surface area contributed by atoms with Crippen molar-refractivity contribution in [1.29, 1.82) is 0 Å². The summed E-state index contributed by atoms with van der Waals surface area (Å²) < 4.78 is 9.85. The van der Waals surface area contributed by atoms with Gasteiger partial charge in [-0.1, -0.05) is 12.1 Å². The molecule has 1 aromatic heterocycles. The lowest BCUT2D eigenvalue weighted by Crippen LogP contribution is -2.49. The zero-order valence-corrected chi connectivity index (χ0v) is 15.9. The highest BCUT2D eigenvalue weighted by Crippen LogP contribution is 2.22. The van der Waals surface area contributed by atoms with Crippen LogP contribution in [0.1, 0.15) is 17.3 Å². The molecule has 1 amide bonds. The third kappa shape index (κ3) is 4.48. The predicted molar refractivity (Wildman–Crippen MR) is 104 cm³/mol. The van der Waals surface area contributed by atoms with Gasteiger partial charge in [0.15, 0.2) is 0 Å². The minimum Gasteiger partial charge on any atom is -0.465 e. The van der Waals surface area contributed by atoms with E-state index in [9.17, 15) is 9.59 Å². The third-order valence-electron chi connectivity index (χ3n) is 4.33. The molecule has 1 N–H and O–H groups in total. The molecule has 3 rings (SSSR count). The Bertz CT molecular complexity index is 837. The van der Waals surface area contributed by atoms with Crippen molar-refractivity contribution in [3.63, 3.8) is 0 Å². The summed E-state index contributed by atoms with van der Waals surface area (Å²) in [5, 5.41) is 3.15. The molecule has 1 saturated heterocycles. The van der Waals surface area contributed by atoms with E-state index in [4.69, 9.17) is 9.47 Å². The number of anilines is 3. The highest BCUT2D eigenvalue weighted by atomic mass is 16.6. The first-order chi connectivity index (χ1) is 13.6. The second kappa shape index (κ2) is 9.03. The van der Waals surface area contributed by atoms with E-state index in [0.29, 0.717) is 55.8 Å². The predicted octanol–water partition coefficient (Wildman–Crippen LogP) is 2.29. The fourth-order valence-electron chi connectivity index (χ4n) is 2.89. The average molecular weight is 385 g/mol. The molecule has 0 bridgehead atoms. The maximum absolute atomic E-state index is 11.9. The van der Waals surface area contributed by atoms with Crippen LogP contribution < -0.4 is 10.2 Å². The topological polar surface area (TPSA) is 96.9 Å². The standard InChI is InChI=1S/C19H23N5O4/c1-3-28-19(26)24-12-10-23(11-13-24)18-20-9-8-16(22-18)21-15-7-5-4-6-14(15)17(25)27-2/h4-9H,3,10-13H2,1-2H3,(H,20,21,22). The lowest BCUT2D eigenvalue weighted by atomic mass is 10.2. The molecule has 0 saturated carbocycles. The summed E-state index contributed by atoms with van der Waals surface area (Å²) >= 11 is 0. The summed E-state index contributed by atoms with van der Waals surface area (Å²) in [6.07, 6.45) is 1.36. The molecule has 1 aliphatic rings. The molecule has 9 nitrogen and oxygen atoms in total. The van der Waals surface area contributed by atoms with Gasteiger partial charge < -0.3 is 24.6 Å². The van der Waals surface area contributed by atoms with Gasteiger partial charge in [0.25, 0.3) is 0 Å². The van der Waals surface area contributed by atoms with E-state index in [1.54, 1.807) is 42.3 Å². The number of nitrogens with zero attached hydrogens (tertiary/aromatic N) is 4. The van der Waals surface area contributed by atoms with E-state index in [1.165, 1.54) is 7.11 Å². The number of nitrogens with one attached hydrogen (secondary N) is 1. The van der Waals surface area contributed by atoms with Gasteiger partial charge in [-0.15, -0.1) is 0 Å². The van der Waals surface area contributed by atoms with Gasteiger partial charge in [0.05, 0.1) is 25.0 Å². The molecule has 0 atom stereocenters. The average Bonchev–Trinajstić information content (AvgIpc) is 2.74. The molecule has 148 valence electrons. The number of para-hydroxylation sites is 1. The number of carbonyl (C=O) groups excluding carboxylic acids is 2. The molecule has 0 radical (unpaired) electrons. The van der Waals surface area contributed by atoms with Crippen LogP contribution in [-0.4, -0.2) is 66.8 Å². The smallest absolute Gasteiger partial charge is 0.409 e. The molecule has 28 heavy (non-hydrogen) atoms. The SMILES string of the molecule is CCOC(=O)N1CCN(c2nccc(Nc3ccccc3C(=O)OC)n2)CC1. The lowest BCUT2D eigenvalue weighted by Gasteiger charge is -2.34. The van der Waals surface area contributed by atoms with E-state index >= 15 is 0 Å². The molecule has 1 aliphatic heterocycles. The molecular weight excluding hydrogens is 362 g/mol. The van der Waals surface area contributed by atoms with Gasteiger partial charge in [-0.05, 0) is 25.1 Å². The van der Waals surface area contributed by atoms with Crippen LogP contribution in [0.25, 0.3) is 0 Å². The Morgan fingerprint density at radius 3 is 2.61 bits per heavy atom. The summed E-state index contributed by atoms with van der Waals surface area (Å²) in [7, 11) is 1.35. The van der Waals surface area contributed by atoms with Crippen molar-refractivity contribution in [3.8, 4) is 0 Å². The van der Waals surface area contributed by atoms with Gasteiger partial charge in [-0.2, -0.15) is 4.98 Å². The van der Waals surface area contributed by atoms with Gasteiger partial charge >= 0.3 is 12.1 Å². The second-order valence-corrected chi connectivity index (χ2v) is 6.08. The Balaban J connectivity index is 1.69. The molecule has 1 fully saturated rings. The maximum Gasteiger partial charge on any atom is 0.409 e. The van der Waals surface area contributed by atoms with Crippen molar-refractivity contribution >= 4 is 29.5 Å². The molecular formula is C19H23N5O4. The van der Waals surface area contributed by atoms with E-state index in [0.717, 1.165) is 0 Å². The van der Waals surface area contributed by atoms with Gasteiger partial charge in [0.2, 0.25) is 5.95 Å². The van der Waals surface area contributed by atoms with Gasteiger partial charge in [-0.25, -0.2) is 14.6 Å². The number of methoxy groups -OCH3 is 1. The molecule has 0 unspecified atom stereocenters. The second-order valence-electron chi connectivity index (χ2n) is 6.08. The highest BCUT2D eigenvalue weighted by molar-refractivity contribution is 5.96. The summed E-state index contributed by atoms with van der Waals surface area (Å²) in [4.78, 5) is 36.3. The van der Waals surface area contributed by atoms with E-state index in [1.807, 2.05) is 11.0 Å². The number of amides is 1. The van der Waals surface area contributed by atoms with E-state index in [2.05, 4.69) is 15.3 Å². The van der Waals surface area contributed by atoms with Crippen LogP contribution in [0, 0.1) is 0 Å². The summed E-state index contributed by atoms with van der Waals surface area (Å²) in [6, 6.07) is 8.79. The number of ether oxygens (including phenoxy) is 2.